The SMILES string of the molecule is CCOC(=O)C1CC[C@H]2[C@@H]3CC[C@@H]4C[C@](C)(O)CCC4[C@H]3CC[C@]2(C)C1=O. The van der Waals surface area contributed by atoms with Gasteiger partial charge in [0.15, 0.2) is 5.78 Å². The Bertz CT molecular complexity index is 611. The number of carbonyl (C=O) groups is 2. The lowest BCUT2D eigenvalue weighted by Crippen LogP contribution is -2.56. The number of aliphatic hydroxyl groups is 1. The quantitative estimate of drug-likeness (QED) is 0.581. The van der Waals surface area contributed by atoms with Crippen molar-refractivity contribution in [3.8, 4) is 0 Å². The van der Waals surface area contributed by atoms with E-state index in [1.165, 1.54) is 12.8 Å². The van der Waals surface area contributed by atoms with Gasteiger partial charge in [0.2, 0.25) is 0 Å². The highest BCUT2D eigenvalue weighted by atomic mass is 16.5. The molecule has 4 aliphatic carbocycles. The van der Waals surface area contributed by atoms with Gasteiger partial charge in [-0.05, 0) is 101 Å². The lowest BCUT2D eigenvalue weighted by molar-refractivity contribution is -0.166. The summed E-state index contributed by atoms with van der Waals surface area (Å²) in [5.41, 5.74) is -0.825. The number of hydrogen-bond acceptors (Lipinski definition) is 4. The minimum Gasteiger partial charge on any atom is -0.465 e. The van der Waals surface area contributed by atoms with Crippen molar-refractivity contribution in [2.24, 2.45) is 40.9 Å². The van der Waals surface area contributed by atoms with Crippen molar-refractivity contribution in [1.29, 1.82) is 0 Å². The Hall–Kier alpha value is -0.900. The van der Waals surface area contributed by atoms with Gasteiger partial charge >= 0.3 is 5.97 Å². The minimum absolute atomic E-state index is 0.157. The van der Waals surface area contributed by atoms with E-state index in [9.17, 15) is 14.7 Å². The summed E-state index contributed by atoms with van der Waals surface area (Å²) in [5.74, 6) is 2.47. The van der Waals surface area contributed by atoms with Gasteiger partial charge in [-0.1, -0.05) is 6.92 Å². The van der Waals surface area contributed by atoms with Crippen molar-refractivity contribution in [3.63, 3.8) is 0 Å². The number of carbonyl (C=O) groups excluding carboxylic acids is 2. The maximum absolute atomic E-state index is 13.3. The van der Waals surface area contributed by atoms with Crippen LogP contribution in [0, 0.1) is 40.9 Å². The molecule has 152 valence electrons. The van der Waals surface area contributed by atoms with E-state index < -0.39 is 11.5 Å². The summed E-state index contributed by atoms with van der Waals surface area (Å²) in [6, 6.07) is 0. The highest BCUT2D eigenvalue weighted by Gasteiger charge is 2.58. The van der Waals surface area contributed by atoms with Crippen LogP contribution in [0.4, 0.5) is 0 Å². The zero-order chi connectivity index (χ0) is 19.4. The first kappa shape index (κ1) is 19.4. The van der Waals surface area contributed by atoms with Crippen LogP contribution in [0.1, 0.15) is 78.6 Å². The molecular formula is C23H36O4. The summed E-state index contributed by atoms with van der Waals surface area (Å²) in [5, 5.41) is 10.5. The van der Waals surface area contributed by atoms with Crippen molar-refractivity contribution in [2.75, 3.05) is 6.61 Å². The van der Waals surface area contributed by atoms with Gasteiger partial charge in [-0.15, -0.1) is 0 Å². The molecule has 0 aromatic carbocycles. The van der Waals surface area contributed by atoms with Crippen molar-refractivity contribution >= 4 is 11.8 Å². The molecule has 0 amide bonds. The second kappa shape index (κ2) is 6.86. The second-order valence-electron chi connectivity index (χ2n) is 10.4. The van der Waals surface area contributed by atoms with E-state index >= 15 is 0 Å². The molecule has 0 saturated heterocycles. The number of ketones is 1. The zero-order valence-electron chi connectivity index (χ0n) is 17.2. The van der Waals surface area contributed by atoms with Crippen LogP contribution in [0.2, 0.25) is 0 Å². The number of Topliss-reactive ketones (excluding diaryl/α,β-unsaturated/α-hetero) is 1. The summed E-state index contributed by atoms with van der Waals surface area (Å²) in [4.78, 5) is 25.6. The summed E-state index contributed by atoms with van der Waals surface area (Å²) in [6.07, 6.45) is 9.10. The van der Waals surface area contributed by atoms with Crippen LogP contribution in [0.3, 0.4) is 0 Å². The van der Waals surface area contributed by atoms with Crippen molar-refractivity contribution in [3.05, 3.63) is 0 Å². The average molecular weight is 377 g/mol. The molecular weight excluding hydrogens is 340 g/mol. The van der Waals surface area contributed by atoms with Crippen molar-refractivity contribution in [1.82, 2.24) is 0 Å². The topological polar surface area (TPSA) is 63.6 Å². The maximum atomic E-state index is 13.3. The van der Waals surface area contributed by atoms with E-state index in [-0.39, 0.29) is 17.2 Å². The van der Waals surface area contributed by atoms with E-state index in [2.05, 4.69) is 6.92 Å². The first-order chi connectivity index (χ1) is 12.8. The Morgan fingerprint density at radius 1 is 1.04 bits per heavy atom. The van der Waals surface area contributed by atoms with Gasteiger partial charge in [-0.2, -0.15) is 0 Å². The molecule has 4 fully saturated rings. The summed E-state index contributed by atoms with van der Waals surface area (Å²) >= 11 is 0. The largest absolute Gasteiger partial charge is 0.465 e. The molecule has 0 bridgehead atoms. The predicted octanol–water partition coefficient (Wildman–Crippen LogP) is 4.14. The molecule has 4 heteroatoms. The van der Waals surface area contributed by atoms with E-state index in [1.807, 2.05) is 6.92 Å². The molecule has 0 heterocycles. The fraction of sp³-hybridized carbons (Fsp3) is 0.913. The second-order valence-corrected chi connectivity index (χ2v) is 10.4. The molecule has 27 heavy (non-hydrogen) atoms. The molecule has 8 atom stereocenters. The smallest absolute Gasteiger partial charge is 0.316 e. The van der Waals surface area contributed by atoms with Gasteiger partial charge in [0.05, 0.1) is 12.2 Å². The number of ether oxygens (including phenoxy) is 1. The van der Waals surface area contributed by atoms with E-state index in [1.54, 1.807) is 6.92 Å². The molecule has 0 aliphatic heterocycles. The van der Waals surface area contributed by atoms with Crippen molar-refractivity contribution in [2.45, 2.75) is 84.2 Å². The standard InChI is InChI=1S/C23H36O4/c1-4-27-21(25)18-7-8-19-17-6-5-14-13-22(2,26)11-9-15(14)16(17)10-12-23(19,3)20(18)24/h14-19,26H,4-13H2,1-3H3/t14-,15?,16-,17-,18?,19+,22-,23+/m1/s1. The molecule has 4 rings (SSSR count). The summed E-state index contributed by atoms with van der Waals surface area (Å²) < 4.78 is 5.19. The summed E-state index contributed by atoms with van der Waals surface area (Å²) in [6.45, 7) is 6.29. The van der Waals surface area contributed by atoms with E-state index in [4.69, 9.17) is 4.74 Å². The van der Waals surface area contributed by atoms with Gasteiger partial charge in [0.1, 0.15) is 5.92 Å². The van der Waals surface area contributed by atoms with Gasteiger partial charge in [-0.3, -0.25) is 9.59 Å². The Balaban J connectivity index is 1.52. The Kier molecular flexibility index (Phi) is 4.93. The third-order valence-electron chi connectivity index (χ3n) is 8.84. The number of rotatable bonds is 2. The van der Waals surface area contributed by atoms with Gasteiger partial charge in [-0.25, -0.2) is 0 Å². The van der Waals surface area contributed by atoms with Crippen LogP contribution in [-0.4, -0.2) is 29.1 Å². The highest BCUT2D eigenvalue weighted by molar-refractivity contribution is 6.02. The third kappa shape index (κ3) is 3.16. The Morgan fingerprint density at radius 3 is 2.52 bits per heavy atom. The molecule has 0 aromatic heterocycles. The molecule has 4 nitrogen and oxygen atoms in total. The number of esters is 1. The third-order valence-corrected chi connectivity index (χ3v) is 8.84. The van der Waals surface area contributed by atoms with E-state index in [0.717, 1.165) is 44.4 Å². The lowest BCUT2D eigenvalue weighted by Gasteiger charge is -2.58. The molecule has 0 spiro atoms. The van der Waals surface area contributed by atoms with Crippen LogP contribution in [-0.2, 0) is 14.3 Å². The molecule has 0 aromatic rings. The molecule has 4 aliphatic rings. The average Bonchev–Trinajstić information content (AvgIpc) is 2.61. The normalized spacial score (nSPS) is 49.6. The van der Waals surface area contributed by atoms with Crippen LogP contribution < -0.4 is 0 Å². The van der Waals surface area contributed by atoms with Crippen LogP contribution in [0.5, 0.6) is 0 Å². The molecule has 2 unspecified atom stereocenters. The first-order valence-electron chi connectivity index (χ1n) is 11.2. The van der Waals surface area contributed by atoms with Crippen LogP contribution in [0.15, 0.2) is 0 Å². The molecule has 0 radical (unpaired) electrons. The van der Waals surface area contributed by atoms with Gasteiger partial charge in [0, 0.05) is 5.41 Å². The van der Waals surface area contributed by atoms with Crippen molar-refractivity contribution < 1.29 is 19.4 Å². The minimum atomic E-state index is -0.538. The van der Waals surface area contributed by atoms with Crippen LogP contribution in [0.25, 0.3) is 0 Å². The van der Waals surface area contributed by atoms with Crippen LogP contribution >= 0.6 is 0 Å². The number of hydrogen-bond donors (Lipinski definition) is 1. The van der Waals surface area contributed by atoms with Gasteiger partial charge < -0.3 is 9.84 Å². The maximum Gasteiger partial charge on any atom is 0.316 e. The fourth-order valence-corrected chi connectivity index (χ4v) is 7.58. The first-order valence-corrected chi connectivity index (χ1v) is 11.2. The number of fused-ring (bicyclic) bond motifs is 5. The molecule has 1 N–H and O–H groups in total. The van der Waals surface area contributed by atoms with E-state index in [0.29, 0.717) is 36.7 Å². The predicted molar refractivity (Wildman–Crippen MR) is 103 cm³/mol. The summed E-state index contributed by atoms with van der Waals surface area (Å²) in [7, 11) is 0. The zero-order valence-corrected chi connectivity index (χ0v) is 17.2. The fourth-order valence-electron chi connectivity index (χ4n) is 7.58. The Morgan fingerprint density at radius 2 is 1.78 bits per heavy atom. The lowest BCUT2D eigenvalue weighted by atomic mass is 9.45. The Labute approximate surface area is 163 Å². The van der Waals surface area contributed by atoms with Gasteiger partial charge in [0.25, 0.3) is 0 Å². The highest BCUT2D eigenvalue weighted by Crippen LogP contribution is 2.61. The monoisotopic (exact) mass is 376 g/mol. The molecule has 4 saturated carbocycles.